The molecule has 6 heteroatoms. The van der Waals surface area contributed by atoms with Crippen LogP contribution in [0.1, 0.15) is 34.8 Å². The summed E-state index contributed by atoms with van der Waals surface area (Å²) < 4.78 is 1.70. The molecule has 0 saturated carbocycles. The maximum absolute atomic E-state index is 12.1. The molecule has 0 bridgehead atoms. The van der Waals surface area contributed by atoms with Crippen LogP contribution in [0.25, 0.3) is 0 Å². The van der Waals surface area contributed by atoms with Gasteiger partial charge in [0.15, 0.2) is 6.04 Å². The molecule has 1 aromatic heterocycles. The molecule has 1 heterocycles. The van der Waals surface area contributed by atoms with E-state index in [1.807, 2.05) is 33.0 Å². The zero-order valence-electron chi connectivity index (χ0n) is 13.5. The Morgan fingerprint density at radius 1 is 1.26 bits per heavy atom. The number of aliphatic carboxylic acids is 1. The highest BCUT2D eigenvalue weighted by Crippen LogP contribution is 2.18. The summed E-state index contributed by atoms with van der Waals surface area (Å²) in [5.74, 6) is -1.36. The fourth-order valence-electron chi connectivity index (χ4n) is 2.35. The molecule has 2 rings (SSSR count). The van der Waals surface area contributed by atoms with Gasteiger partial charge < -0.3 is 10.4 Å². The number of amides is 1. The molecule has 1 aromatic carbocycles. The van der Waals surface area contributed by atoms with Crippen molar-refractivity contribution in [3.63, 3.8) is 0 Å². The monoisotopic (exact) mass is 315 g/mol. The largest absolute Gasteiger partial charge is 0.479 e. The second kappa shape index (κ2) is 7.09. The van der Waals surface area contributed by atoms with E-state index in [0.29, 0.717) is 12.0 Å². The van der Waals surface area contributed by atoms with Gasteiger partial charge in [-0.3, -0.25) is 9.48 Å². The summed E-state index contributed by atoms with van der Waals surface area (Å²) in [7, 11) is 1.81. The Hall–Kier alpha value is -2.63. The number of hydrogen-bond acceptors (Lipinski definition) is 3. The van der Waals surface area contributed by atoms with Crippen molar-refractivity contribution >= 4 is 11.9 Å². The van der Waals surface area contributed by atoms with Crippen molar-refractivity contribution in [2.45, 2.75) is 32.7 Å². The molecule has 23 heavy (non-hydrogen) atoms. The van der Waals surface area contributed by atoms with Crippen LogP contribution in [0.5, 0.6) is 0 Å². The summed E-state index contributed by atoms with van der Waals surface area (Å²) in [6.07, 6.45) is 2.40. The van der Waals surface area contributed by atoms with E-state index in [0.717, 1.165) is 16.8 Å². The molecule has 122 valence electrons. The normalized spacial score (nSPS) is 12.0. The van der Waals surface area contributed by atoms with E-state index in [9.17, 15) is 14.7 Å². The van der Waals surface area contributed by atoms with Crippen LogP contribution in [0, 0.1) is 13.8 Å². The predicted octanol–water partition coefficient (Wildman–Crippen LogP) is 1.91. The topological polar surface area (TPSA) is 84.2 Å². The number of aromatic nitrogens is 2. The first kappa shape index (κ1) is 16.7. The van der Waals surface area contributed by atoms with Crippen LogP contribution in [-0.4, -0.2) is 26.8 Å². The molecule has 2 aromatic rings. The first-order chi connectivity index (χ1) is 10.9. The van der Waals surface area contributed by atoms with E-state index in [-0.39, 0.29) is 12.3 Å². The van der Waals surface area contributed by atoms with Gasteiger partial charge in [-0.25, -0.2) is 4.79 Å². The van der Waals surface area contributed by atoms with Crippen LogP contribution < -0.4 is 5.32 Å². The molecule has 6 nitrogen and oxygen atoms in total. The molecule has 1 atom stereocenters. The Kier molecular flexibility index (Phi) is 5.16. The van der Waals surface area contributed by atoms with Crippen molar-refractivity contribution in [2.24, 2.45) is 7.05 Å². The molecule has 0 spiro atoms. The Labute approximate surface area is 135 Å². The van der Waals surface area contributed by atoms with Crippen molar-refractivity contribution in [3.8, 4) is 0 Å². The third-order valence-electron chi connectivity index (χ3n) is 3.95. The van der Waals surface area contributed by atoms with E-state index in [1.165, 1.54) is 0 Å². The highest BCUT2D eigenvalue weighted by molar-refractivity contribution is 5.84. The van der Waals surface area contributed by atoms with Crippen LogP contribution in [0.15, 0.2) is 30.5 Å². The number of hydrogen-bond donors (Lipinski definition) is 2. The number of carbonyl (C=O) groups excluding carboxylic acids is 1. The van der Waals surface area contributed by atoms with E-state index >= 15 is 0 Å². The SMILES string of the molecule is Cc1ccc(C(NC(=O)CCc2ccnn2C)C(=O)O)cc1C. The molecule has 1 amide bonds. The standard InChI is InChI=1S/C17H21N3O3/c1-11-4-5-13(10-12(11)2)16(17(22)23)19-15(21)7-6-14-8-9-18-20(14)3/h4-5,8-10,16H,6-7H2,1-3H3,(H,19,21)(H,22,23). The van der Waals surface area contributed by atoms with Gasteiger partial charge in [-0.05, 0) is 43.0 Å². The second-order valence-electron chi connectivity index (χ2n) is 5.63. The van der Waals surface area contributed by atoms with Gasteiger partial charge in [0.25, 0.3) is 0 Å². The molecule has 0 radical (unpaired) electrons. The lowest BCUT2D eigenvalue weighted by Crippen LogP contribution is -2.34. The first-order valence-electron chi connectivity index (χ1n) is 7.44. The number of carboxylic acids is 1. The smallest absolute Gasteiger partial charge is 0.330 e. The predicted molar refractivity (Wildman–Crippen MR) is 86.0 cm³/mol. The lowest BCUT2D eigenvalue weighted by molar-refractivity contribution is -0.142. The number of carbonyl (C=O) groups is 2. The molecule has 0 aliphatic heterocycles. The van der Waals surface area contributed by atoms with E-state index < -0.39 is 12.0 Å². The fourth-order valence-corrected chi connectivity index (χ4v) is 2.35. The maximum atomic E-state index is 12.1. The summed E-state index contributed by atoms with van der Waals surface area (Å²) in [5.41, 5.74) is 3.59. The summed E-state index contributed by atoms with van der Waals surface area (Å²) in [5, 5.41) is 16.0. The van der Waals surface area contributed by atoms with Crippen molar-refractivity contribution < 1.29 is 14.7 Å². The molecule has 0 aliphatic carbocycles. The minimum atomic E-state index is -1.07. The van der Waals surface area contributed by atoms with Gasteiger partial charge in [-0.15, -0.1) is 0 Å². The van der Waals surface area contributed by atoms with Gasteiger partial charge in [0.2, 0.25) is 5.91 Å². The summed E-state index contributed by atoms with van der Waals surface area (Å²) in [6.45, 7) is 3.88. The minimum Gasteiger partial charge on any atom is -0.479 e. The quantitative estimate of drug-likeness (QED) is 0.853. The van der Waals surface area contributed by atoms with Gasteiger partial charge in [0, 0.05) is 25.4 Å². The van der Waals surface area contributed by atoms with Gasteiger partial charge in [0.1, 0.15) is 0 Å². The zero-order chi connectivity index (χ0) is 17.0. The van der Waals surface area contributed by atoms with Crippen LogP contribution in [0.4, 0.5) is 0 Å². The summed E-state index contributed by atoms with van der Waals surface area (Å²) in [4.78, 5) is 23.6. The van der Waals surface area contributed by atoms with Crippen LogP contribution >= 0.6 is 0 Å². The molecule has 0 saturated heterocycles. The third-order valence-corrected chi connectivity index (χ3v) is 3.95. The number of rotatable bonds is 6. The van der Waals surface area contributed by atoms with Crippen molar-refractivity contribution in [2.75, 3.05) is 0 Å². The Morgan fingerprint density at radius 3 is 2.57 bits per heavy atom. The maximum Gasteiger partial charge on any atom is 0.330 e. The number of nitrogens with one attached hydrogen (secondary N) is 1. The van der Waals surface area contributed by atoms with E-state index in [2.05, 4.69) is 10.4 Å². The summed E-state index contributed by atoms with van der Waals surface area (Å²) in [6, 6.07) is 6.21. The highest BCUT2D eigenvalue weighted by atomic mass is 16.4. The van der Waals surface area contributed by atoms with E-state index in [1.54, 1.807) is 23.0 Å². The highest BCUT2D eigenvalue weighted by Gasteiger charge is 2.22. The molecular weight excluding hydrogens is 294 g/mol. The molecule has 0 aliphatic rings. The van der Waals surface area contributed by atoms with Crippen LogP contribution in [0.3, 0.4) is 0 Å². The first-order valence-corrected chi connectivity index (χ1v) is 7.44. The van der Waals surface area contributed by atoms with Crippen molar-refractivity contribution in [1.29, 1.82) is 0 Å². The van der Waals surface area contributed by atoms with Gasteiger partial charge >= 0.3 is 5.97 Å². The van der Waals surface area contributed by atoms with Crippen LogP contribution in [0.2, 0.25) is 0 Å². The Bertz CT molecular complexity index is 722. The van der Waals surface area contributed by atoms with Crippen LogP contribution in [-0.2, 0) is 23.1 Å². The fraction of sp³-hybridized carbons (Fsp3) is 0.353. The Balaban J connectivity index is 2.04. The molecule has 2 N–H and O–H groups in total. The lowest BCUT2D eigenvalue weighted by Gasteiger charge is -2.16. The average Bonchev–Trinajstić information content (AvgIpc) is 2.90. The number of benzene rings is 1. The molecule has 0 fully saturated rings. The van der Waals surface area contributed by atoms with Crippen molar-refractivity contribution in [3.05, 3.63) is 52.8 Å². The van der Waals surface area contributed by atoms with E-state index in [4.69, 9.17) is 0 Å². The minimum absolute atomic E-state index is 0.216. The third kappa shape index (κ3) is 4.18. The van der Waals surface area contributed by atoms with Gasteiger partial charge in [-0.1, -0.05) is 18.2 Å². The van der Waals surface area contributed by atoms with Gasteiger partial charge in [-0.2, -0.15) is 5.10 Å². The molecule has 1 unspecified atom stereocenters. The summed E-state index contributed by atoms with van der Waals surface area (Å²) >= 11 is 0. The number of aryl methyl sites for hydroxylation is 4. The Morgan fingerprint density at radius 2 is 2.00 bits per heavy atom. The zero-order valence-corrected chi connectivity index (χ0v) is 13.5. The number of nitrogens with zero attached hydrogens (tertiary/aromatic N) is 2. The number of carboxylic acid groups (broad SMARTS) is 1. The van der Waals surface area contributed by atoms with Crippen molar-refractivity contribution in [1.82, 2.24) is 15.1 Å². The van der Waals surface area contributed by atoms with Gasteiger partial charge in [0.05, 0.1) is 0 Å². The molecular formula is C17H21N3O3. The average molecular weight is 315 g/mol. The second-order valence-corrected chi connectivity index (χ2v) is 5.63. The lowest BCUT2D eigenvalue weighted by atomic mass is 10.0.